The molecule has 1 aliphatic carbocycles. The summed E-state index contributed by atoms with van der Waals surface area (Å²) < 4.78 is 5.45. The van der Waals surface area contributed by atoms with E-state index in [0.717, 1.165) is 31.2 Å². The molecule has 1 fully saturated rings. The molecule has 0 bridgehead atoms. The molecule has 0 spiro atoms. The van der Waals surface area contributed by atoms with Gasteiger partial charge in [-0.15, -0.1) is 0 Å². The highest BCUT2D eigenvalue weighted by Crippen LogP contribution is 2.27. The van der Waals surface area contributed by atoms with E-state index in [9.17, 15) is 0 Å². The number of nitrogens with one attached hydrogen (secondary N) is 1. The molecule has 1 unspecified atom stereocenters. The van der Waals surface area contributed by atoms with Crippen molar-refractivity contribution in [1.82, 2.24) is 5.32 Å². The summed E-state index contributed by atoms with van der Waals surface area (Å²) in [6.45, 7) is 8.83. The van der Waals surface area contributed by atoms with E-state index in [4.69, 9.17) is 10.5 Å². The van der Waals surface area contributed by atoms with Crippen molar-refractivity contribution < 1.29 is 4.74 Å². The molecule has 3 heteroatoms. The van der Waals surface area contributed by atoms with Crippen molar-refractivity contribution in [2.75, 3.05) is 26.3 Å². The molecule has 0 aliphatic heterocycles. The first-order valence-corrected chi connectivity index (χ1v) is 6.39. The third kappa shape index (κ3) is 5.10. The summed E-state index contributed by atoms with van der Waals surface area (Å²) in [6, 6.07) is 0.482. The Kier molecular flexibility index (Phi) is 6.69. The van der Waals surface area contributed by atoms with Crippen LogP contribution in [0.25, 0.3) is 0 Å². The minimum absolute atomic E-state index is 0.482. The molecule has 0 heterocycles. The van der Waals surface area contributed by atoms with Crippen molar-refractivity contribution in [2.45, 2.75) is 38.6 Å². The summed E-state index contributed by atoms with van der Waals surface area (Å²) in [7, 11) is 0. The fourth-order valence-electron chi connectivity index (χ4n) is 2.37. The summed E-state index contributed by atoms with van der Waals surface area (Å²) >= 11 is 0. The summed E-state index contributed by atoms with van der Waals surface area (Å²) in [5.41, 5.74) is 6.87. The second-order valence-corrected chi connectivity index (χ2v) is 4.85. The summed E-state index contributed by atoms with van der Waals surface area (Å²) in [5, 5.41) is 3.51. The number of ether oxygens (including phenoxy) is 1. The lowest BCUT2D eigenvalue weighted by atomic mass is 9.98. The Hall–Kier alpha value is -0.380. The molecule has 1 atom stereocenters. The van der Waals surface area contributed by atoms with Gasteiger partial charge in [0.1, 0.15) is 0 Å². The molecule has 1 rings (SSSR count). The maximum absolute atomic E-state index is 5.80. The van der Waals surface area contributed by atoms with Crippen LogP contribution in [0, 0.1) is 5.92 Å². The van der Waals surface area contributed by atoms with Gasteiger partial charge in [0.2, 0.25) is 0 Å². The van der Waals surface area contributed by atoms with Gasteiger partial charge in [0.25, 0.3) is 0 Å². The van der Waals surface area contributed by atoms with Gasteiger partial charge < -0.3 is 15.8 Å². The average molecular weight is 226 g/mol. The summed E-state index contributed by atoms with van der Waals surface area (Å²) in [5.74, 6) is 0.783. The molecule has 16 heavy (non-hydrogen) atoms. The van der Waals surface area contributed by atoms with Crippen LogP contribution in [0.15, 0.2) is 12.2 Å². The molecular formula is C13H26N2O. The second-order valence-electron chi connectivity index (χ2n) is 4.85. The van der Waals surface area contributed by atoms with Gasteiger partial charge in [0.05, 0.1) is 13.2 Å². The molecule has 1 aliphatic rings. The Balaban J connectivity index is 2.06. The lowest BCUT2D eigenvalue weighted by Gasteiger charge is -2.23. The number of hydrogen-bond donors (Lipinski definition) is 2. The quantitative estimate of drug-likeness (QED) is 0.489. The molecule has 94 valence electrons. The maximum Gasteiger partial charge on any atom is 0.0672 e. The van der Waals surface area contributed by atoms with E-state index in [1.54, 1.807) is 0 Å². The molecule has 0 aromatic rings. The molecule has 0 aromatic carbocycles. The number of hydrogen-bond acceptors (Lipinski definition) is 3. The van der Waals surface area contributed by atoms with E-state index in [2.05, 4.69) is 11.9 Å². The standard InChI is InChI=1S/C13H26N2O/c1-11(2)10-16-8-7-15-13(9-14)12-5-3-4-6-12/h12-13,15H,1,3-10,14H2,2H3. The zero-order chi connectivity index (χ0) is 11.8. The molecule has 0 radical (unpaired) electrons. The minimum atomic E-state index is 0.482. The van der Waals surface area contributed by atoms with Gasteiger partial charge >= 0.3 is 0 Å². The van der Waals surface area contributed by atoms with E-state index in [1.165, 1.54) is 25.7 Å². The Morgan fingerprint density at radius 2 is 2.19 bits per heavy atom. The Bertz CT molecular complexity index is 200. The van der Waals surface area contributed by atoms with Crippen LogP contribution in [0.4, 0.5) is 0 Å². The first-order chi connectivity index (χ1) is 7.74. The molecule has 0 aromatic heterocycles. The van der Waals surface area contributed by atoms with Gasteiger partial charge in [-0.1, -0.05) is 25.0 Å². The molecule has 0 saturated heterocycles. The normalized spacial score (nSPS) is 18.9. The summed E-state index contributed by atoms with van der Waals surface area (Å²) in [4.78, 5) is 0. The Labute approximate surface area is 99.4 Å². The van der Waals surface area contributed by atoms with Crippen LogP contribution in [0.1, 0.15) is 32.6 Å². The fourth-order valence-corrected chi connectivity index (χ4v) is 2.37. The van der Waals surface area contributed by atoms with Crippen LogP contribution in [-0.2, 0) is 4.74 Å². The van der Waals surface area contributed by atoms with Crippen LogP contribution in [0.3, 0.4) is 0 Å². The monoisotopic (exact) mass is 226 g/mol. The largest absolute Gasteiger partial charge is 0.376 e. The minimum Gasteiger partial charge on any atom is -0.376 e. The van der Waals surface area contributed by atoms with Crippen molar-refractivity contribution in [1.29, 1.82) is 0 Å². The van der Waals surface area contributed by atoms with Gasteiger partial charge in [-0.05, 0) is 25.7 Å². The van der Waals surface area contributed by atoms with E-state index in [0.29, 0.717) is 12.6 Å². The topological polar surface area (TPSA) is 47.3 Å². The van der Waals surface area contributed by atoms with Crippen molar-refractivity contribution in [3.05, 3.63) is 12.2 Å². The van der Waals surface area contributed by atoms with E-state index in [-0.39, 0.29) is 0 Å². The van der Waals surface area contributed by atoms with Crippen LogP contribution in [-0.4, -0.2) is 32.3 Å². The van der Waals surface area contributed by atoms with Gasteiger partial charge in [0.15, 0.2) is 0 Å². The summed E-state index contributed by atoms with van der Waals surface area (Å²) in [6.07, 6.45) is 5.41. The van der Waals surface area contributed by atoms with Gasteiger partial charge in [-0.3, -0.25) is 0 Å². The third-order valence-electron chi connectivity index (χ3n) is 3.22. The highest BCUT2D eigenvalue weighted by Gasteiger charge is 2.23. The zero-order valence-corrected chi connectivity index (χ0v) is 10.5. The van der Waals surface area contributed by atoms with E-state index in [1.807, 2.05) is 6.92 Å². The zero-order valence-electron chi connectivity index (χ0n) is 10.5. The van der Waals surface area contributed by atoms with E-state index < -0.39 is 0 Å². The molecule has 0 amide bonds. The average Bonchev–Trinajstić information content (AvgIpc) is 2.76. The lowest BCUT2D eigenvalue weighted by molar-refractivity contribution is 0.152. The molecular weight excluding hydrogens is 200 g/mol. The molecule has 3 N–H and O–H groups in total. The van der Waals surface area contributed by atoms with Gasteiger partial charge in [-0.2, -0.15) is 0 Å². The first-order valence-electron chi connectivity index (χ1n) is 6.39. The predicted molar refractivity (Wildman–Crippen MR) is 68.4 cm³/mol. The highest BCUT2D eigenvalue weighted by molar-refractivity contribution is 4.87. The number of nitrogens with two attached hydrogens (primary N) is 1. The molecule has 1 saturated carbocycles. The van der Waals surface area contributed by atoms with Crippen LogP contribution in [0.5, 0.6) is 0 Å². The van der Waals surface area contributed by atoms with Crippen molar-refractivity contribution in [2.24, 2.45) is 11.7 Å². The fraction of sp³-hybridized carbons (Fsp3) is 0.846. The smallest absolute Gasteiger partial charge is 0.0672 e. The third-order valence-corrected chi connectivity index (χ3v) is 3.22. The Morgan fingerprint density at radius 3 is 2.75 bits per heavy atom. The van der Waals surface area contributed by atoms with Crippen LogP contribution in [0.2, 0.25) is 0 Å². The van der Waals surface area contributed by atoms with Crippen molar-refractivity contribution in [3.8, 4) is 0 Å². The molecule has 3 nitrogen and oxygen atoms in total. The van der Waals surface area contributed by atoms with Crippen molar-refractivity contribution >= 4 is 0 Å². The van der Waals surface area contributed by atoms with Crippen LogP contribution < -0.4 is 11.1 Å². The predicted octanol–water partition coefficient (Wildman–Crippen LogP) is 1.69. The lowest BCUT2D eigenvalue weighted by Crippen LogP contribution is -2.42. The second kappa shape index (κ2) is 7.82. The maximum atomic E-state index is 5.80. The van der Waals surface area contributed by atoms with Gasteiger partial charge in [-0.25, -0.2) is 0 Å². The highest BCUT2D eigenvalue weighted by atomic mass is 16.5. The Morgan fingerprint density at radius 1 is 1.50 bits per heavy atom. The van der Waals surface area contributed by atoms with Crippen molar-refractivity contribution in [3.63, 3.8) is 0 Å². The van der Waals surface area contributed by atoms with Crippen LogP contribution >= 0.6 is 0 Å². The van der Waals surface area contributed by atoms with E-state index >= 15 is 0 Å². The van der Waals surface area contributed by atoms with Gasteiger partial charge in [0, 0.05) is 19.1 Å². The number of rotatable bonds is 8. The first kappa shape index (κ1) is 13.7. The SMILES string of the molecule is C=C(C)COCCNC(CN)C1CCCC1.